The van der Waals surface area contributed by atoms with Crippen LogP contribution in [0.4, 0.5) is 0 Å². The smallest absolute Gasteiger partial charge is 0.0638 e. The Morgan fingerprint density at radius 3 is 2.38 bits per heavy atom. The quantitative estimate of drug-likeness (QED) is 0.921. The minimum atomic E-state index is 0.394. The zero-order chi connectivity index (χ0) is 14.9. The van der Waals surface area contributed by atoms with Gasteiger partial charge in [0.1, 0.15) is 0 Å². The van der Waals surface area contributed by atoms with Crippen molar-refractivity contribution in [3.05, 3.63) is 17.5 Å². The fourth-order valence-electron chi connectivity index (χ4n) is 6.75. The molecule has 4 fully saturated rings. The van der Waals surface area contributed by atoms with Crippen molar-refractivity contribution in [2.75, 3.05) is 0 Å². The summed E-state index contributed by atoms with van der Waals surface area (Å²) in [6, 6.07) is 0. The van der Waals surface area contributed by atoms with Crippen molar-refractivity contribution < 1.29 is 0 Å². The van der Waals surface area contributed by atoms with E-state index in [0.29, 0.717) is 16.4 Å². The molecule has 2 unspecified atom stereocenters. The lowest BCUT2D eigenvalue weighted by Crippen LogP contribution is -2.63. The first-order valence-electron chi connectivity index (χ1n) is 8.53. The first kappa shape index (κ1) is 13.8. The number of aromatic nitrogens is 2. The number of hydrogen-bond donors (Lipinski definition) is 1. The highest BCUT2D eigenvalue weighted by Crippen LogP contribution is 2.66. The van der Waals surface area contributed by atoms with E-state index in [-0.39, 0.29) is 0 Å². The zero-order valence-electron chi connectivity index (χ0n) is 14.0. The van der Waals surface area contributed by atoms with Crippen LogP contribution in [0, 0.1) is 23.7 Å². The number of hydrogen-bond acceptors (Lipinski definition) is 2. The molecule has 1 aromatic rings. The van der Waals surface area contributed by atoms with E-state index in [9.17, 15) is 0 Å². The molecule has 0 aromatic carbocycles. The first-order chi connectivity index (χ1) is 9.79. The molecule has 1 heterocycles. The van der Waals surface area contributed by atoms with Crippen molar-refractivity contribution in [2.45, 2.75) is 71.4 Å². The molecule has 116 valence electrons. The van der Waals surface area contributed by atoms with Gasteiger partial charge in [0.15, 0.2) is 0 Å². The largest absolute Gasteiger partial charge is 0.307 e. The molecular formula is C18H29N3. The van der Waals surface area contributed by atoms with E-state index in [4.69, 9.17) is 0 Å². The number of nitrogens with one attached hydrogen (secondary N) is 1. The Morgan fingerprint density at radius 1 is 1.19 bits per heavy atom. The molecule has 0 amide bonds. The predicted octanol–water partition coefficient (Wildman–Crippen LogP) is 3.57. The van der Waals surface area contributed by atoms with Crippen LogP contribution in [-0.4, -0.2) is 15.3 Å². The van der Waals surface area contributed by atoms with Crippen LogP contribution in [0.25, 0.3) is 0 Å². The van der Waals surface area contributed by atoms with Gasteiger partial charge < -0.3 is 5.32 Å². The SMILES string of the molecule is Cc1nn(C)cc1CNC12CC3CC(C)(CC(C)(C3)C1)C2. The molecule has 4 aliphatic rings. The predicted molar refractivity (Wildman–Crippen MR) is 84.9 cm³/mol. The normalized spacial score (nSPS) is 44.5. The second kappa shape index (κ2) is 4.13. The summed E-state index contributed by atoms with van der Waals surface area (Å²) < 4.78 is 1.94. The third kappa shape index (κ3) is 2.25. The van der Waals surface area contributed by atoms with Crippen LogP contribution in [0.1, 0.15) is 63.6 Å². The molecule has 4 bridgehead atoms. The lowest BCUT2D eigenvalue weighted by molar-refractivity contribution is -0.118. The maximum absolute atomic E-state index is 4.48. The van der Waals surface area contributed by atoms with Gasteiger partial charge in [0.05, 0.1) is 5.69 Å². The maximum atomic E-state index is 4.48. The lowest BCUT2D eigenvalue weighted by atomic mass is 9.43. The second-order valence-corrected chi connectivity index (χ2v) is 9.18. The van der Waals surface area contributed by atoms with E-state index >= 15 is 0 Å². The molecule has 1 aromatic heterocycles. The Morgan fingerprint density at radius 2 is 1.86 bits per heavy atom. The van der Waals surface area contributed by atoms with Crippen molar-refractivity contribution in [1.29, 1.82) is 0 Å². The molecule has 0 radical (unpaired) electrons. The van der Waals surface area contributed by atoms with Crippen molar-refractivity contribution >= 4 is 0 Å². The Labute approximate surface area is 128 Å². The summed E-state index contributed by atoms with van der Waals surface area (Å²) in [5.74, 6) is 0.957. The standard InChI is InChI=1S/C18H29N3/c1-13-15(9-21(4)20-13)8-19-18-7-14-5-16(2,11-18)10-17(3,6-14)12-18/h9,14,19H,5-8,10-12H2,1-4H3. The van der Waals surface area contributed by atoms with Gasteiger partial charge in [-0.15, -0.1) is 0 Å². The monoisotopic (exact) mass is 287 g/mol. The summed E-state index contributed by atoms with van der Waals surface area (Å²) in [6.45, 7) is 8.20. The number of aryl methyl sites for hydroxylation is 2. The summed E-state index contributed by atoms with van der Waals surface area (Å²) in [4.78, 5) is 0. The fraction of sp³-hybridized carbons (Fsp3) is 0.833. The molecule has 2 atom stereocenters. The lowest BCUT2D eigenvalue weighted by Gasteiger charge is -2.65. The molecule has 21 heavy (non-hydrogen) atoms. The molecular weight excluding hydrogens is 258 g/mol. The van der Waals surface area contributed by atoms with Crippen molar-refractivity contribution in [2.24, 2.45) is 23.8 Å². The topological polar surface area (TPSA) is 29.9 Å². The average molecular weight is 287 g/mol. The summed E-state index contributed by atoms with van der Waals surface area (Å²) in [5.41, 5.74) is 4.11. The minimum Gasteiger partial charge on any atom is -0.307 e. The van der Waals surface area contributed by atoms with Crippen LogP contribution in [0.15, 0.2) is 6.20 Å². The molecule has 5 rings (SSSR count). The molecule has 0 aliphatic heterocycles. The van der Waals surface area contributed by atoms with Gasteiger partial charge in [-0.25, -0.2) is 0 Å². The summed E-state index contributed by atoms with van der Waals surface area (Å²) >= 11 is 0. The van der Waals surface area contributed by atoms with E-state index in [1.165, 1.54) is 49.8 Å². The summed E-state index contributed by atoms with van der Waals surface area (Å²) in [7, 11) is 2.02. The molecule has 3 heteroatoms. The van der Waals surface area contributed by atoms with E-state index < -0.39 is 0 Å². The molecule has 1 N–H and O–H groups in total. The van der Waals surface area contributed by atoms with E-state index in [1.807, 2.05) is 11.7 Å². The van der Waals surface area contributed by atoms with Gasteiger partial charge >= 0.3 is 0 Å². The number of rotatable bonds is 3. The molecule has 4 saturated carbocycles. The van der Waals surface area contributed by atoms with Crippen LogP contribution in [0.5, 0.6) is 0 Å². The molecule has 4 aliphatic carbocycles. The maximum Gasteiger partial charge on any atom is 0.0638 e. The number of nitrogens with zero attached hydrogens (tertiary/aromatic N) is 2. The average Bonchev–Trinajstić information content (AvgIpc) is 2.60. The molecule has 0 spiro atoms. The van der Waals surface area contributed by atoms with Crippen LogP contribution in [0.2, 0.25) is 0 Å². The summed E-state index contributed by atoms with van der Waals surface area (Å²) in [6.07, 6.45) is 10.7. The first-order valence-corrected chi connectivity index (χ1v) is 8.53. The Kier molecular flexibility index (Phi) is 2.71. The fourth-order valence-corrected chi connectivity index (χ4v) is 6.75. The van der Waals surface area contributed by atoms with E-state index in [0.717, 1.165) is 12.5 Å². The third-order valence-corrected chi connectivity index (χ3v) is 6.40. The van der Waals surface area contributed by atoms with Crippen LogP contribution >= 0.6 is 0 Å². The Balaban J connectivity index is 1.56. The highest BCUT2D eigenvalue weighted by molar-refractivity contribution is 5.18. The van der Waals surface area contributed by atoms with Crippen molar-refractivity contribution in [3.63, 3.8) is 0 Å². The zero-order valence-corrected chi connectivity index (χ0v) is 14.0. The minimum absolute atomic E-state index is 0.394. The van der Waals surface area contributed by atoms with Crippen LogP contribution in [-0.2, 0) is 13.6 Å². The van der Waals surface area contributed by atoms with Gasteiger partial charge in [0.25, 0.3) is 0 Å². The van der Waals surface area contributed by atoms with Crippen molar-refractivity contribution in [3.8, 4) is 0 Å². The van der Waals surface area contributed by atoms with Gasteiger partial charge in [-0.3, -0.25) is 4.68 Å². The molecule has 3 nitrogen and oxygen atoms in total. The van der Waals surface area contributed by atoms with Crippen molar-refractivity contribution in [1.82, 2.24) is 15.1 Å². The third-order valence-electron chi connectivity index (χ3n) is 6.40. The highest BCUT2D eigenvalue weighted by atomic mass is 15.3. The van der Waals surface area contributed by atoms with E-state index in [1.54, 1.807) is 0 Å². The van der Waals surface area contributed by atoms with Crippen LogP contribution in [0.3, 0.4) is 0 Å². The van der Waals surface area contributed by atoms with Gasteiger partial charge in [-0.2, -0.15) is 5.10 Å². The molecule has 0 saturated heterocycles. The summed E-state index contributed by atoms with van der Waals surface area (Å²) in [5, 5.41) is 8.47. The Hall–Kier alpha value is -0.830. The van der Waals surface area contributed by atoms with Crippen LogP contribution < -0.4 is 5.32 Å². The van der Waals surface area contributed by atoms with Gasteiger partial charge in [-0.05, 0) is 62.2 Å². The second-order valence-electron chi connectivity index (χ2n) is 9.18. The van der Waals surface area contributed by atoms with Gasteiger partial charge in [0.2, 0.25) is 0 Å². The van der Waals surface area contributed by atoms with Gasteiger partial charge in [0, 0.05) is 30.9 Å². The Bertz CT molecular complexity index is 555. The van der Waals surface area contributed by atoms with Gasteiger partial charge in [-0.1, -0.05) is 13.8 Å². The van der Waals surface area contributed by atoms with E-state index in [2.05, 4.69) is 37.4 Å². The highest BCUT2D eigenvalue weighted by Gasteiger charge is 2.59.